The van der Waals surface area contributed by atoms with E-state index in [1.54, 1.807) is 14.0 Å². The second-order valence-corrected chi connectivity index (χ2v) is 7.04. The minimum Gasteiger partial charge on any atom is -0.507 e. The Morgan fingerprint density at radius 2 is 1.97 bits per heavy atom. The van der Waals surface area contributed by atoms with Crippen molar-refractivity contribution in [3.63, 3.8) is 0 Å². The Kier molecular flexibility index (Phi) is 5.39. The molecule has 4 rings (SSSR count). The van der Waals surface area contributed by atoms with Crippen LogP contribution in [0.3, 0.4) is 0 Å². The van der Waals surface area contributed by atoms with Gasteiger partial charge in [-0.05, 0) is 25.1 Å². The van der Waals surface area contributed by atoms with E-state index in [9.17, 15) is 9.90 Å². The van der Waals surface area contributed by atoms with Crippen molar-refractivity contribution in [3.05, 3.63) is 88.0 Å². The Hall–Kier alpha value is -3.80. The zero-order valence-corrected chi connectivity index (χ0v) is 16.8. The summed E-state index contributed by atoms with van der Waals surface area (Å²) in [5, 5.41) is 13.9. The van der Waals surface area contributed by atoms with Crippen molar-refractivity contribution < 1.29 is 14.3 Å². The lowest BCUT2D eigenvalue weighted by Crippen LogP contribution is -2.23. The maximum absolute atomic E-state index is 12.5. The number of aromatic hydroxyl groups is 1. The van der Waals surface area contributed by atoms with E-state index in [1.807, 2.05) is 60.7 Å². The summed E-state index contributed by atoms with van der Waals surface area (Å²) in [5.74, 6) is 0.990. The molecule has 0 fully saturated rings. The molecule has 2 heterocycles. The summed E-state index contributed by atoms with van der Waals surface area (Å²) in [5.41, 5.74) is 2.44. The summed E-state index contributed by atoms with van der Waals surface area (Å²) in [6, 6.07) is 16.6. The van der Waals surface area contributed by atoms with Crippen LogP contribution in [0.25, 0.3) is 6.08 Å². The van der Waals surface area contributed by atoms with E-state index in [0.717, 1.165) is 17.0 Å². The average Bonchev–Trinajstić information content (AvgIpc) is 2.90. The molecule has 1 aliphatic rings. The number of para-hydroxylation sites is 3. The van der Waals surface area contributed by atoms with Crippen LogP contribution in [-0.4, -0.2) is 24.0 Å². The molecule has 0 amide bonds. The van der Waals surface area contributed by atoms with Gasteiger partial charge in [0.15, 0.2) is 0 Å². The molecular formula is C24H22N2O4. The molecule has 1 aliphatic heterocycles. The van der Waals surface area contributed by atoms with E-state index >= 15 is 0 Å². The lowest BCUT2D eigenvalue weighted by Gasteiger charge is -2.15. The Morgan fingerprint density at radius 1 is 1.20 bits per heavy atom. The number of ether oxygens (including phenoxy) is 1. The number of fused-ring (bicyclic) bond motifs is 1. The van der Waals surface area contributed by atoms with Crippen LogP contribution in [-0.2, 0) is 0 Å². The van der Waals surface area contributed by atoms with E-state index in [2.05, 4.69) is 10.3 Å². The zero-order chi connectivity index (χ0) is 21.1. The van der Waals surface area contributed by atoms with Gasteiger partial charge in [-0.3, -0.25) is 4.99 Å². The molecule has 0 radical (unpaired) electrons. The van der Waals surface area contributed by atoms with Crippen LogP contribution in [0.15, 0.2) is 74.9 Å². The third kappa shape index (κ3) is 3.98. The lowest BCUT2D eigenvalue weighted by molar-refractivity contribution is 0.414. The fourth-order valence-electron chi connectivity index (χ4n) is 3.50. The first-order chi connectivity index (χ1) is 14.5. The molecule has 0 aliphatic carbocycles. The zero-order valence-electron chi connectivity index (χ0n) is 16.8. The average molecular weight is 402 g/mol. The first-order valence-electron chi connectivity index (χ1n) is 9.63. The van der Waals surface area contributed by atoms with Crippen molar-refractivity contribution in [3.8, 4) is 11.5 Å². The van der Waals surface area contributed by atoms with Gasteiger partial charge in [0.25, 0.3) is 0 Å². The Labute approximate surface area is 174 Å². The number of methoxy groups -OCH3 is 1. The van der Waals surface area contributed by atoms with Gasteiger partial charge in [-0.25, -0.2) is 4.79 Å². The SMILES string of the molecule is COc1ccccc1/C=C/[C@H]1CC(c2c(O)cc(C)oc2=O)=Nc2ccccc2N1. The maximum Gasteiger partial charge on any atom is 0.348 e. The topological polar surface area (TPSA) is 84.1 Å². The number of rotatable bonds is 4. The number of aliphatic imine (C=N–C) groups is 1. The van der Waals surface area contributed by atoms with Crippen LogP contribution in [0.1, 0.15) is 23.3 Å². The normalized spacial score (nSPS) is 15.8. The van der Waals surface area contributed by atoms with Crippen LogP contribution in [0.4, 0.5) is 11.4 Å². The van der Waals surface area contributed by atoms with Crippen LogP contribution in [0.5, 0.6) is 11.5 Å². The minimum atomic E-state index is -0.599. The van der Waals surface area contributed by atoms with Crippen molar-refractivity contribution in [1.82, 2.24) is 0 Å². The molecule has 0 saturated heterocycles. The predicted molar refractivity (Wildman–Crippen MR) is 118 cm³/mol. The molecule has 2 N–H and O–H groups in total. The largest absolute Gasteiger partial charge is 0.507 e. The van der Waals surface area contributed by atoms with Crippen LogP contribution >= 0.6 is 0 Å². The molecule has 1 aromatic heterocycles. The van der Waals surface area contributed by atoms with Crippen molar-refractivity contribution >= 4 is 23.2 Å². The third-order valence-corrected chi connectivity index (χ3v) is 4.90. The molecular weight excluding hydrogens is 380 g/mol. The van der Waals surface area contributed by atoms with Gasteiger partial charge in [-0.2, -0.15) is 0 Å². The van der Waals surface area contributed by atoms with E-state index in [1.165, 1.54) is 6.07 Å². The molecule has 0 bridgehead atoms. The van der Waals surface area contributed by atoms with Gasteiger partial charge in [-0.15, -0.1) is 0 Å². The number of nitrogens with one attached hydrogen (secondary N) is 1. The fraction of sp³-hybridized carbons (Fsp3) is 0.167. The molecule has 30 heavy (non-hydrogen) atoms. The smallest absolute Gasteiger partial charge is 0.348 e. The number of benzene rings is 2. The number of aryl methyl sites for hydroxylation is 1. The number of hydrogen-bond donors (Lipinski definition) is 2. The monoisotopic (exact) mass is 402 g/mol. The molecule has 0 saturated carbocycles. The van der Waals surface area contributed by atoms with E-state index in [-0.39, 0.29) is 17.4 Å². The molecule has 2 aromatic carbocycles. The lowest BCUT2D eigenvalue weighted by atomic mass is 10.0. The fourth-order valence-corrected chi connectivity index (χ4v) is 3.50. The molecule has 6 nitrogen and oxygen atoms in total. The molecule has 6 heteroatoms. The summed E-state index contributed by atoms with van der Waals surface area (Å²) in [7, 11) is 1.64. The van der Waals surface area contributed by atoms with E-state index < -0.39 is 5.63 Å². The molecule has 0 unspecified atom stereocenters. The third-order valence-electron chi connectivity index (χ3n) is 4.90. The summed E-state index contributed by atoms with van der Waals surface area (Å²) >= 11 is 0. The highest BCUT2D eigenvalue weighted by molar-refractivity contribution is 6.05. The van der Waals surface area contributed by atoms with Crippen molar-refractivity contribution in [2.45, 2.75) is 19.4 Å². The number of nitrogens with zero attached hydrogens (tertiary/aromatic N) is 1. The Morgan fingerprint density at radius 3 is 2.77 bits per heavy atom. The minimum absolute atomic E-state index is 0.0924. The van der Waals surface area contributed by atoms with Crippen LogP contribution in [0, 0.1) is 6.92 Å². The second kappa shape index (κ2) is 8.29. The van der Waals surface area contributed by atoms with Gasteiger partial charge in [0.1, 0.15) is 22.8 Å². The molecule has 1 atom stereocenters. The molecule has 3 aromatic rings. The molecule has 152 valence electrons. The summed E-state index contributed by atoms with van der Waals surface area (Å²) < 4.78 is 10.6. The number of hydrogen-bond acceptors (Lipinski definition) is 6. The standard InChI is InChI=1S/C24H22N2O4/c1-15-13-21(27)23(24(28)30-15)20-14-17(25-18-8-4-5-9-19(18)26-20)12-11-16-7-3-6-10-22(16)29-2/h3-13,17,25,27H,14H2,1-2H3/b12-11+/t17-/m0/s1. The van der Waals surface area contributed by atoms with Gasteiger partial charge < -0.3 is 19.6 Å². The first-order valence-corrected chi connectivity index (χ1v) is 9.63. The highest BCUT2D eigenvalue weighted by Crippen LogP contribution is 2.32. The highest BCUT2D eigenvalue weighted by atomic mass is 16.5. The van der Waals surface area contributed by atoms with Gasteiger partial charge in [0, 0.05) is 18.1 Å². The highest BCUT2D eigenvalue weighted by Gasteiger charge is 2.23. The van der Waals surface area contributed by atoms with Gasteiger partial charge in [-0.1, -0.05) is 42.5 Å². The Bertz CT molecular complexity index is 1190. The van der Waals surface area contributed by atoms with Gasteiger partial charge in [0.2, 0.25) is 0 Å². The first kappa shape index (κ1) is 19.5. The number of anilines is 1. The van der Waals surface area contributed by atoms with Crippen LogP contribution in [0.2, 0.25) is 0 Å². The van der Waals surface area contributed by atoms with Crippen molar-refractivity contribution in [2.75, 3.05) is 12.4 Å². The van der Waals surface area contributed by atoms with Gasteiger partial charge >= 0.3 is 5.63 Å². The van der Waals surface area contributed by atoms with Gasteiger partial charge in [0.05, 0.1) is 30.2 Å². The van der Waals surface area contributed by atoms with Crippen LogP contribution < -0.4 is 15.7 Å². The predicted octanol–water partition coefficient (Wildman–Crippen LogP) is 4.68. The Balaban J connectivity index is 1.76. The second-order valence-electron chi connectivity index (χ2n) is 7.04. The van der Waals surface area contributed by atoms with E-state index in [0.29, 0.717) is 23.6 Å². The summed E-state index contributed by atoms with van der Waals surface area (Å²) in [6.45, 7) is 1.62. The van der Waals surface area contributed by atoms with Crippen molar-refractivity contribution in [2.24, 2.45) is 4.99 Å². The maximum atomic E-state index is 12.5. The quantitative estimate of drug-likeness (QED) is 0.662. The summed E-state index contributed by atoms with van der Waals surface area (Å²) in [4.78, 5) is 17.2. The molecule has 0 spiro atoms. The van der Waals surface area contributed by atoms with E-state index in [4.69, 9.17) is 9.15 Å². The summed E-state index contributed by atoms with van der Waals surface area (Å²) in [6.07, 6.45) is 4.36. The van der Waals surface area contributed by atoms with Crippen molar-refractivity contribution in [1.29, 1.82) is 0 Å².